The maximum atomic E-state index is 12.3. The fourth-order valence-corrected chi connectivity index (χ4v) is 3.95. The number of carbonyl (C=O) groups excluding carboxylic acids is 1. The molecular formula is C18H30N2O3. The molecule has 0 unspecified atom stereocenters. The molecule has 0 bridgehead atoms. The molecule has 2 heterocycles. The van der Waals surface area contributed by atoms with Gasteiger partial charge in [-0.1, -0.05) is 12.0 Å². The lowest BCUT2D eigenvalue weighted by atomic mass is 9.94. The van der Waals surface area contributed by atoms with Gasteiger partial charge < -0.3 is 14.8 Å². The molecule has 2 atom stereocenters. The number of carbonyl (C=O) groups is 1. The van der Waals surface area contributed by atoms with Gasteiger partial charge >= 0.3 is 0 Å². The van der Waals surface area contributed by atoms with Crippen molar-refractivity contribution in [3.05, 3.63) is 11.6 Å². The molecule has 3 aliphatic rings. The first-order chi connectivity index (χ1) is 11.3. The predicted octanol–water partition coefficient (Wildman–Crippen LogP) is 1.73. The van der Waals surface area contributed by atoms with Crippen LogP contribution in [0.25, 0.3) is 0 Å². The smallest absolute Gasteiger partial charge is 0.243 e. The van der Waals surface area contributed by atoms with E-state index in [0.29, 0.717) is 12.0 Å². The largest absolute Gasteiger partial charge is 0.381 e. The third-order valence-corrected chi connectivity index (χ3v) is 5.34. The van der Waals surface area contributed by atoms with Crippen LogP contribution in [0.3, 0.4) is 0 Å². The van der Waals surface area contributed by atoms with E-state index in [0.717, 1.165) is 65.3 Å². The lowest BCUT2D eigenvalue weighted by molar-refractivity contribution is -0.117. The topological polar surface area (TPSA) is 50.8 Å². The van der Waals surface area contributed by atoms with Gasteiger partial charge in [0.15, 0.2) is 0 Å². The Bertz CT molecular complexity index is 404. The van der Waals surface area contributed by atoms with Gasteiger partial charge in [-0.25, -0.2) is 0 Å². The summed E-state index contributed by atoms with van der Waals surface area (Å²) in [7, 11) is 0. The lowest BCUT2D eigenvalue weighted by Gasteiger charge is -2.37. The number of nitrogens with one attached hydrogen (secondary N) is 1. The molecular weight excluding hydrogens is 292 g/mol. The standard InChI is InChI=1S/C18H30N2O3/c21-18(12-15-4-2-1-3-5-15)19-13-17(16-6-9-23-14-16)20-7-10-22-11-8-20/h12,16-17H,1-11,13-14H2,(H,19,21)/t16-,17-/m0/s1. The average molecular weight is 322 g/mol. The van der Waals surface area contributed by atoms with E-state index in [2.05, 4.69) is 10.2 Å². The van der Waals surface area contributed by atoms with Gasteiger partial charge in [0.2, 0.25) is 5.91 Å². The van der Waals surface area contributed by atoms with Crippen molar-refractivity contribution in [3.63, 3.8) is 0 Å². The molecule has 1 saturated carbocycles. The van der Waals surface area contributed by atoms with Crippen LogP contribution in [0.15, 0.2) is 11.6 Å². The van der Waals surface area contributed by atoms with E-state index in [4.69, 9.17) is 9.47 Å². The Balaban J connectivity index is 1.53. The molecule has 0 spiro atoms. The number of amides is 1. The van der Waals surface area contributed by atoms with Gasteiger partial charge in [0.1, 0.15) is 0 Å². The number of hydrogen-bond donors (Lipinski definition) is 1. The van der Waals surface area contributed by atoms with Crippen LogP contribution in [0, 0.1) is 5.92 Å². The number of allylic oxidation sites excluding steroid dienone is 1. The Kier molecular flexibility index (Phi) is 6.48. The van der Waals surface area contributed by atoms with Gasteiger partial charge in [0, 0.05) is 44.3 Å². The second kappa shape index (κ2) is 8.81. The highest BCUT2D eigenvalue weighted by molar-refractivity contribution is 5.88. The molecule has 1 amide bonds. The van der Waals surface area contributed by atoms with Gasteiger partial charge in [-0.15, -0.1) is 0 Å². The maximum absolute atomic E-state index is 12.3. The molecule has 2 aliphatic heterocycles. The van der Waals surface area contributed by atoms with E-state index >= 15 is 0 Å². The van der Waals surface area contributed by atoms with Crippen LogP contribution in [-0.2, 0) is 14.3 Å². The van der Waals surface area contributed by atoms with Crippen LogP contribution >= 0.6 is 0 Å². The van der Waals surface area contributed by atoms with Crippen molar-refractivity contribution in [1.29, 1.82) is 0 Å². The van der Waals surface area contributed by atoms with Gasteiger partial charge in [0.25, 0.3) is 0 Å². The minimum absolute atomic E-state index is 0.0825. The summed E-state index contributed by atoms with van der Waals surface area (Å²) in [6.07, 6.45) is 8.90. The third-order valence-electron chi connectivity index (χ3n) is 5.34. The summed E-state index contributed by atoms with van der Waals surface area (Å²) < 4.78 is 11.0. The molecule has 5 nitrogen and oxygen atoms in total. The van der Waals surface area contributed by atoms with Crippen LogP contribution in [0.5, 0.6) is 0 Å². The number of nitrogens with zero attached hydrogens (tertiary/aromatic N) is 1. The third kappa shape index (κ3) is 5.03. The summed E-state index contributed by atoms with van der Waals surface area (Å²) in [5.41, 5.74) is 1.32. The monoisotopic (exact) mass is 322 g/mol. The van der Waals surface area contributed by atoms with Gasteiger partial charge in [-0.3, -0.25) is 9.69 Å². The molecule has 1 N–H and O–H groups in total. The molecule has 5 heteroatoms. The summed E-state index contributed by atoms with van der Waals surface area (Å²) >= 11 is 0. The molecule has 0 radical (unpaired) electrons. The normalized spacial score (nSPS) is 27.7. The van der Waals surface area contributed by atoms with Gasteiger partial charge in [0.05, 0.1) is 19.8 Å². The van der Waals surface area contributed by atoms with E-state index in [-0.39, 0.29) is 5.91 Å². The minimum Gasteiger partial charge on any atom is -0.381 e. The summed E-state index contributed by atoms with van der Waals surface area (Å²) in [6, 6.07) is 0.370. The maximum Gasteiger partial charge on any atom is 0.243 e. The average Bonchev–Trinajstić information content (AvgIpc) is 3.11. The van der Waals surface area contributed by atoms with Gasteiger partial charge in [-0.05, 0) is 32.1 Å². The zero-order valence-electron chi connectivity index (χ0n) is 14.1. The Labute approximate surface area is 139 Å². The molecule has 3 fully saturated rings. The molecule has 130 valence electrons. The van der Waals surface area contributed by atoms with E-state index in [1.807, 2.05) is 6.08 Å². The first-order valence-corrected chi connectivity index (χ1v) is 9.20. The highest BCUT2D eigenvalue weighted by atomic mass is 16.5. The zero-order chi connectivity index (χ0) is 15.9. The Morgan fingerprint density at radius 1 is 1.17 bits per heavy atom. The van der Waals surface area contributed by atoms with E-state index < -0.39 is 0 Å². The zero-order valence-corrected chi connectivity index (χ0v) is 14.1. The number of ether oxygens (including phenoxy) is 2. The molecule has 23 heavy (non-hydrogen) atoms. The van der Waals surface area contributed by atoms with Crippen LogP contribution in [0.4, 0.5) is 0 Å². The second-order valence-corrected chi connectivity index (χ2v) is 6.95. The lowest BCUT2D eigenvalue weighted by Crippen LogP contribution is -2.52. The van der Waals surface area contributed by atoms with Crippen molar-refractivity contribution in [2.24, 2.45) is 5.92 Å². The number of rotatable bonds is 5. The van der Waals surface area contributed by atoms with E-state index in [1.165, 1.54) is 24.8 Å². The van der Waals surface area contributed by atoms with Crippen LogP contribution in [0.2, 0.25) is 0 Å². The molecule has 3 rings (SSSR count). The van der Waals surface area contributed by atoms with Crippen molar-refractivity contribution < 1.29 is 14.3 Å². The van der Waals surface area contributed by atoms with Crippen molar-refractivity contribution in [3.8, 4) is 0 Å². The summed E-state index contributed by atoms with van der Waals surface area (Å²) in [5.74, 6) is 0.606. The summed E-state index contributed by atoms with van der Waals surface area (Å²) in [6.45, 7) is 5.89. The predicted molar refractivity (Wildman–Crippen MR) is 89.3 cm³/mol. The van der Waals surface area contributed by atoms with Gasteiger partial charge in [-0.2, -0.15) is 0 Å². The quantitative estimate of drug-likeness (QED) is 0.783. The first kappa shape index (κ1) is 16.9. The first-order valence-electron chi connectivity index (χ1n) is 9.20. The van der Waals surface area contributed by atoms with Crippen LogP contribution in [-0.4, -0.2) is 62.9 Å². The van der Waals surface area contributed by atoms with Crippen molar-refractivity contribution in [2.75, 3.05) is 46.1 Å². The SMILES string of the molecule is O=C(C=C1CCCCC1)NC[C@@H]([C@H]1CCOC1)N1CCOCC1. The Morgan fingerprint density at radius 2 is 1.96 bits per heavy atom. The van der Waals surface area contributed by atoms with Crippen molar-refractivity contribution in [2.45, 2.75) is 44.6 Å². The molecule has 0 aromatic heterocycles. The number of morpholine rings is 1. The molecule has 0 aromatic carbocycles. The minimum atomic E-state index is 0.0825. The van der Waals surface area contributed by atoms with Crippen molar-refractivity contribution in [1.82, 2.24) is 10.2 Å². The second-order valence-electron chi connectivity index (χ2n) is 6.95. The summed E-state index contributed by atoms with van der Waals surface area (Å²) in [4.78, 5) is 14.7. The fraction of sp³-hybridized carbons (Fsp3) is 0.833. The Morgan fingerprint density at radius 3 is 2.65 bits per heavy atom. The summed E-state index contributed by atoms with van der Waals surface area (Å²) in [5, 5.41) is 3.15. The fourth-order valence-electron chi connectivity index (χ4n) is 3.95. The highest BCUT2D eigenvalue weighted by Gasteiger charge is 2.31. The Hall–Kier alpha value is -0.910. The van der Waals surface area contributed by atoms with Crippen LogP contribution < -0.4 is 5.32 Å². The highest BCUT2D eigenvalue weighted by Crippen LogP contribution is 2.23. The number of hydrogen-bond acceptors (Lipinski definition) is 4. The molecule has 1 aliphatic carbocycles. The van der Waals surface area contributed by atoms with Crippen molar-refractivity contribution >= 4 is 5.91 Å². The molecule has 0 aromatic rings. The van der Waals surface area contributed by atoms with Crippen LogP contribution in [0.1, 0.15) is 38.5 Å². The molecule has 2 saturated heterocycles. The van der Waals surface area contributed by atoms with E-state index in [9.17, 15) is 4.79 Å². The van der Waals surface area contributed by atoms with E-state index in [1.54, 1.807) is 0 Å².